The molecule has 0 bridgehead atoms. The second-order valence-electron chi connectivity index (χ2n) is 8.41. The van der Waals surface area contributed by atoms with Crippen LogP contribution >= 0.6 is 15.9 Å². The number of halogens is 4. The molecule has 1 saturated carbocycles. The molecule has 2 aliphatic rings. The summed E-state index contributed by atoms with van der Waals surface area (Å²) in [6.07, 6.45) is 5.58. The summed E-state index contributed by atoms with van der Waals surface area (Å²) in [5.74, 6) is 1.82. The zero-order valence-corrected chi connectivity index (χ0v) is 19.2. The van der Waals surface area contributed by atoms with E-state index in [9.17, 15) is 13.2 Å². The summed E-state index contributed by atoms with van der Waals surface area (Å²) in [6.45, 7) is 5.14. The van der Waals surface area contributed by atoms with Crippen LogP contribution in [0.5, 0.6) is 0 Å². The molecule has 0 radical (unpaired) electrons. The van der Waals surface area contributed by atoms with Crippen molar-refractivity contribution in [2.45, 2.75) is 70.8 Å². The van der Waals surface area contributed by atoms with Crippen molar-refractivity contribution < 1.29 is 22.6 Å². The molecule has 8 heteroatoms. The first-order valence-corrected chi connectivity index (χ1v) is 11.9. The van der Waals surface area contributed by atoms with Crippen molar-refractivity contribution >= 4 is 21.7 Å². The molecule has 4 nitrogen and oxygen atoms in total. The van der Waals surface area contributed by atoms with Gasteiger partial charge in [-0.25, -0.2) is 4.98 Å². The zero-order chi connectivity index (χ0) is 21.6. The van der Waals surface area contributed by atoms with E-state index in [0.717, 1.165) is 64.1 Å². The quantitative estimate of drug-likeness (QED) is 0.418. The lowest BCUT2D eigenvalue weighted by Gasteiger charge is -2.33. The van der Waals surface area contributed by atoms with E-state index >= 15 is 0 Å². The average molecular weight is 493 g/mol. The highest BCUT2D eigenvalue weighted by Gasteiger charge is 2.32. The maximum atomic E-state index is 12.9. The van der Waals surface area contributed by atoms with Crippen molar-refractivity contribution in [1.82, 2.24) is 4.98 Å². The maximum Gasteiger partial charge on any atom is 0.417 e. The summed E-state index contributed by atoms with van der Waals surface area (Å²) < 4.78 is 50.6. The zero-order valence-electron chi connectivity index (χ0n) is 17.6. The lowest BCUT2D eigenvalue weighted by molar-refractivity contribution is -0.164. The second-order valence-corrected chi connectivity index (χ2v) is 9.26. The highest BCUT2D eigenvalue weighted by atomic mass is 79.9. The molecule has 0 N–H and O–H groups in total. The third kappa shape index (κ3) is 6.82. The van der Waals surface area contributed by atoms with Crippen LogP contribution in [0.3, 0.4) is 0 Å². The fraction of sp³-hybridized carbons (Fsp3) is 0.773. The summed E-state index contributed by atoms with van der Waals surface area (Å²) in [5.41, 5.74) is -0.726. The first-order valence-electron chi connectivity index (χ1n) is 11.1. The Balaban J connectivity index is 1.44. The molecule has 30 heavy (non-hydrogen) atoms. The van der Waals surface area contributed by atoms with Crippen LogP contribution < -0.4 is 4.90 Å². The third-order valence-electron chi connectivity index (χ3n) is 6.24. The lowest BCUT2D eigenvalue weighted by Crippen LogP contribution is -2.32. The number of anilines is 1. The molecular weight excluding hydrogens is 461 g/mol. The average Bonchev–Trinajstić information content (AvgIpc) is 2.73. The summed E-state index contributed by atoms with van der Waals surface area (Å²) in [5, 5.41) is 0. The molecule has 170 valence electrons. The van der Waals surface area contributed by atoms with Crippen LogP contribution in [-0.4, -0.2) is 37.6 Å². The fourth-order valence-corrected chi connectivity index (χ4v) is 5.01. The molecular formula is C22H32BrF3N2O2. The SMILES string of the molecule is CCN(C[C@H]1CC[C@H](CCOC2CCCCO2)CC1)c1ncc(C(F)(F)F)cc1Br. The van der Waals surface area contributed by atoms with E-state index in [2.05, 4.69) is 25.8 Å². The largest absolute Gasteiger partial charge is 0.417 e. The van der Waals surface area contributed by atoms with Gasteiger partial charge in [0.15, 0.2) is 6.29 Å². The highest BCUT2D eigenvalue weighted by molar-refractivity contribution is 9.10. The number of rotatable bonds is 8. The van der Waals surface area contributed by atoms with Gasteiger partial charge in [-0.15, -0.1) is 0 Å². The van der Waals surface area contributed by atoms with E-state index in [4.69, 9.17) is 9.47 Å². The molecule has 0 amide bonds. The topological polar surface area (TPSA) is 34.6 Å². The van der Waals surface area contributed by atoms with Gasteiger partial charge in [0.2, 0.25) is 0 Å². The summed E-state index contributed by atoms with van der Waals surface area (Å²) in [6, 6.07) is 1.12. The van der Waals surface area contributed by atoms with Gasteiger partial charge < -0.3 is 14.4 Å². The molecule has 2 heterocycles. The molecule has 1 unspecified atom stereocenters. The van der Waals surface area contributed by atoms with E-state index in [1.807, 2.05) is 6.92 Å². The van der Waals surface area contributed by atoms with Gasteiger partial charge in [-0.3, -0.25) is 0 Å². The Kier molecular flexibility index (Phi) is 8.83. The molecule has 3 rings (SSSR count). The Hall–Kier alpha value is -0.860. The molecule has 1 aromatic rings. The molecule has 1 aromatic heterocycles. The Bertz CT molecular complexity index is 660. The summed E-state index contributed by atoms with van der Waals surface area (Å²) >= 11 is 3.29. The van der Waals surface area contributed by atoms with Crippen molar-refractivity contribution in [3.05, 3.63) is 22.3 Å². The minimum Gasteiger partial charge on any atom is -0.356 e. The van der Waals surface area contributed by atoms with Crippen molar-refractivity contribution in [3.8, 4) is 0 Å². The molecule has 1 aliphatic heterocycles. The second kappa shape index (κ2) is 11.1. The molecule has 0 spiro atoms. The smallest absolute Gasteiger partial charge is 0.356 e. The van der Waals surface area contributed by atoms with Crippen LogP contribution in [-0.2, 0) is 15.7 Å². The van der Waals surface area contributed by atoms with E-state index in [1.165, 1.54) is 19.3 Å². The van der Waals surface area contributed by atoms with Crippen molar-refractivity contribution in [2.75, 3.05) is 31.2 Å². The number of hydrogen-bond donors (Lipinski definition) is 0. The molecule has 1 aliphatic carbocycles. The predicted octanol–water partition coefficient (Wildman–Crippen LogP) is 6.43. The van der Waals surface area contributed by atoms with Gasteiger partial charge in [0.25, 0.3) is 0 Å². The van der Waals surface area contributed by atoms with Gasteiger partial charge in [0.1, 0.15) is 5.82 Å². The monoisotopic (exact) mass is 492 g/mol. The standard InChI is InChI=1S/C22H32BrF3N2O2/c1-2-28(21-19(23)13-18(14-27-21)22(24,25)26)15-17-8-6-16(7-9-17)10-12-30-20-5-3-4-11-29-20/h13-14,16-17,20H,2-12,15H2,1H3/t16-,17-,20?. The van der Waals surface area contributed by atoms with Crippen LogP contribution in [0.1, 0.15) is 63.9 Å². The highest BCUT2D eigenvalue weighted by Crippen LogP contribution is 2.36. The molecule has 1 atom stereocenters. The van der Waals surface area contributed by atoms with E-state index < -0.39 is 11.7 Å². The molecule has 2 fully saturated rings. The Morgan fingerprint density at radius 1 is 1.17 bits per heavy atom. The van der Waals surface area contributed by atoms with Gasteiger partial charge in [-0.2, -0.15) is 13.2 Å². The lowest BCUT2D eigenvalue weighted by atomic mass is 9.80. The Morgan fingerprint density at radius 2 is 1.90 bits per heavy atom. The van der Waals surface area contributed by atoms with Gasteiger partial charge >= 0.3 is 6.18 Å². The van der Waals surface area contributed by atoms with Gasteiger partial charge in [-0.1, -0.05) is 12.8 Å². The molecule has 1 saturated heterocycles. The number of ether oxygens (including phenoxy) is 2. The van der Waals surface area contributed by atoms with Gasteiger partial charge in [-0.05, 0) is 79.3 Å². The van der Waals surface area contributed by atoms with E-state index in [-0.39, 0.29) is 6.29 Å². The first kappa shape index (κ1) is 23.8. The van der Waals surface area contributed by atoms with Gasteiger partial charge in [0.05, 0.1) is 10.0 Å². The predicted molar refractivity (Wildman–Crippen MR) is 114 cm³/mol. The van der Waals surface area contributed by atoms with Crippen molar-refractivity contribution in [1.29, 1.82) is 0 Å². The van der Waals surface area contributed by atoms with Crippen LogP contribution in [0, 0.1) is 11.8 Å². The van der Waals surface area contributed by atoms with Crippen molar-refractivity contribution in [2.24, 2.45) is 11.8 Å². The van der Waals surface area contributed by atoms with E-state index in [0.29, 0.717) is 28.7 Å². The number of pyridine rings is 1. The van der Waals surface area contributed by atoms with Crippen LogP contribution in [0.2, 0.25) is 0 Å². The minimum atomic E-state index is -4.38. The van der Waals surface area contributed by atoms with Gasteiger partial charge in [0, 0.05) is 32.5 Å². The maximum absolute atomic E-state index is 12.9. The number of hydrogen-bond acceptors (Lipinski definition) is 4. The fourth-order valence-electron chi connectivity index (χ4n) is 4.41. The molecule has 0 aromatic carbocycles. The summed E-state index contributed by atoms with van der Waals surface area (Å²) in [4.78, 5) is 6.19. The number of aromatic nitrogens is 1. The normalized spacial score (nSPS) is 25.3. The minimum absolute atomic E-state index is 0.0112. The first-order chi connectivity index (χ1) is 14.4. The van der Waals surface area contributed by atoms with Crippen LogP contribution in [0.4, 0.5) is 19.0 Å². The number of nitrogens with zero attached hydrogens (tertiary/aromatic N) is 2. The Morgan fingerprint density at radius 3 is 2.50 bits per heavy atom. The summed E-state index contributed by atoms with van der Waals surface area (Å²) in [7, 11) is 0. The Labute approximate surface area is 185 Å². The van der Waals surface area contributed by atoms with Crippen LogP contribution in [0.15, 0.2) is 16.7 Å². The third-order valence-corrected chi connectivity index (χ3v) is 6.83. The van der Waals surface area contributed by atoms with E-state index in [1.54, 1.807) is 0 Å². The number of alkyl halides is 3. The van der Waals surface area contributed by atoms with Crippen LogP contribution in [0.25, 0.3) is 0 Å². The van der Waals surface area contributed by atoms with Crippen molar-refractivity contribution in [3.63, 3.8) is 0 Å².